The summed E-state index contributed by atoms with van der Waals surface area (Å²) in [5.74, 6) is 0.532. The van der Waals surface area contributed by atoms with Crippen LogP contribution in [0.15, 0.2) is 0 Å². The van der Waals surface area contributed by atoms with Crippen molar-refractivity contribution in [1.29, 1.82) is 0 Å². The average Bonchev–Trinajstić information content (AvgIpc) is 2.37. The first kappa shape index (κ1) is 20.4. The first-order chi connectivity index (χ1) is 9.76. The van der Waals surface area contributed by atoms with E-state index in [-0.39, 0.29) is 5.97 Å². The van der Waals surface area contributed by atoms with Gasteiger partial charge in [-0.3, -0.25) is 4.79 Å². The van der Waals surface area contributed by atoms with Gasteiger partial charge in [0.1, 0.15) is 5.54 Å². The normalized spacial score (nSPS) is 14.8. The number of rotatable bonds is 11. The Morgan fingerprint density at radius 1 is 1.24 bits per heavy atom. The van der Waals surface area contributed by atoms with Crippen molar-refractivity contribution in [1.82, 2.24) is 10.2 Å². The van der Waals surface area contributed by atoms with Gasteiger partial charge >= 0.3 is 5.97 Å². The van der Waals surface area contributed by atoms with Crippen LogP contribution in [0.5, 0.6) is 0 Å². The van der Waals surface area contributed by atoms with E-state index in [0.717, 1.165) is 32.5 Å². The van der Waals surface area contributed by atoms with Crippen LogP contribution in [0.4, 0.5) is 0 Å². The zero-order valence-corrected chi connectivity index (χ0v) is 15.2. The summed E-state index contributed by atoms with van der Waals surface area (Å²) in [6.07, 6.45) is 1.80. The maximum atomic E-state index is 12.1. The average molecular weight is 300 g/mol. The lowest BCUT2D eigenvalue weighted by molar-refractivity contribution is -0.150. The van der Waals surface area contributed by atoms with Crippen molar-refractivity contribution in [3.05, 3.63) is 0 Å². The van der Waals surface area contributed by atoms with Crippen molar-refractivity contribution in [2.45, 2.75) is 72.9 Å². The highest BCUT2D eigenvalue weighted by Gasteiger charge is 2.33. The van der Waals surface area contributed by atoms with E-state index in [1.165, 1.54) is 0 Å². The Balaban J connectivity index is 4.50. The lowest BCUT2D eigenvalue weighted by Gasteiger charge is -2.31. The number of carbonyl (C=O) groups is 1. The molecule has 4 heteroatoms. The molecule has 0 aromatic carbocycles. The predicted octanol–water partition coefficient (Wildman–Crippen LogP) is 3.06. The van der Waals surface area contributed by atoms with Crippen LogP contribution in [-0.2, 0) is 9.53 Å². The van der Waals surface area contributed by atoms with Gasteiger partial charge in [-0.25, -0.2) is 0 Å². The number of carbonyl (C=O) groups excluding carboxylic acids is 1. The second-order valence-corrected chi connectivity index (χ2v) is 6.67. The van der Waals surface area contributed by atoms with Crippen molar-refractivity contribution >= 4 is 5.97 Å². The van der Waals surface area contributed by atoms with Gasteiger partial charge < -0.3 is 15.0 Å². The molecular formula is C17H36N2O2. The molecule has 1 unspecified atom stereocenters. The van der Waals surface area contributed by atoms with Crippen LogP contribution in [0.2, 0.25) is 0 Å². The van der Waals surface area contributed by atoms with Gasteiger partial charge in [0, 0.05) is 12.6 Å². The minimum absolute atomic E-state index is 0.133. The molecule has 0 aromatic rings. The first-order valence-corrected chi connectivity index (χ1v) is 8.43. The zero-order chi connectivity index (χ0) is 16.5. The van der Waals surface area contributed by atoms with Gasteiger partial charge in [0.25, 0.3) is 0 Å². The molecule has 0 fully saturated rings. The van der Waals surface area contributed by atoms with E-state index in [9.17, 15) is 4.79 Å². The molecule has 0 saturated heterocycles. The molecule has 0 amide bonds. The van der Waals surface area contributed by atoms with Crippen LogP contribution < -0.4 is 5.32 Å². The third kappa shape index (κ3) is 7.82. The Kier molecular flexibility index (Phi) is 9.88. The highest BCUT2D eigenvalue weighted by atomic mass is 16.5. The van der Waals surface area contributed by atoms with Gasteiger partial charge in [-0.05, 0) is 59.5 Å². The smallest absolute Gasteiger partial charge is 0.326 e. The maximum Gasteiger partial charge on any atom is 0.326 e. The molecule has 0 spiro atoms. The van der Waals surface area contributed by atoms with Crippen LogP contribution >= 0.6 is 0 Å². The number of likely N-dealkylation sites (N-methyl/N-ethyl adjacent to an activating group) is 1. The Hall–Kier alpha value is -0.610. The molecule has 21 heavy (non-hydrogen) atoms. The van der Waals surface area contributed by atoms with E-state index in [1.807, 2.05) is 20.8 Å². The van der Waals surface area contributed by atoms with Gasteiger partial charge in [0.2, 0.25) is 0 Å². The SMILES string of the molecule is CCNC(C)(CCCN(CC(C)C)C(C)C)C(=O)OCC. The fourth-order valence-electron chi connectivity index (χ4n) is 2.61. The predicted molar refractivity (Wildman–Crippen MR) is 89.5 cm³/mol. The Bertz CT molecular complexity index is 293. The van der Waals surface area contributed by atoms with Crippen molar-refractivity contribution in [2.75, 3.05) is 26.2 Å². The fraction of sp³-hybridized carbons (Fsp3) is 0.941. The van der Waals surface area contributed by atoms with Crippen LogP contribution in [0.1, 0.15) is 61.3 Å². The largest absolute Gasteiger partial charge is 0.465 e. The Morgan fingerprint density at radius 3 is 2.29 bits per heavy atom. The number of ether oxygens (including phenoxy) is 1. The quantitative estimate of drug-likeness (QED) is 0.595. The number of nitrogens with zero attached hydrogens (tertiary/aromatic N) is 1. The Morgan fingerprint density at radius 2 is 1.86 bits per heavy atom. The molecule has 0 heterocycles. The van der Waals surface area contributed by atoms with Crippen molar-refractivity contribution in [3.63, 3.8) is 0 Å². The summed E-state index contributed by atoms with van der Waals surface area (Å²) in [5.41, 5.74) is -0.564. The summed E-state index contributed by atoms with van der Waals surface area (Å²) in [4.78, 5) is 14.6. The maximum absolute atomic E-state index is 12.1. The molecule has 0 aliphatic heterocycles. The third-order valence-corrected chi connectivity index (χ3v) is 3.74. The van der Waals surface area contributed by atoms with Gasteiger partial charge in [-0.1, -0.05) is 20.8 Å². The Labute approximate surface area is 131 Å². The molecule has 0 saturated carbocycles. The minimum Gasteiger partial charge on any atom is -0.465 e. The van der Waals surface area contributed by atoms with E-state index in [4.69, 9.17) is 4.74 Å². The molecule has 0 bridgehead atoms. The molecule has 0 aromatic heterocycles. The van der Waals surface area contributed by atoms with E-state index in [0.29, 0.717) is 18.6 Å². The topological polar surface area (TPSA) is 41.6 Å². The third-order valence-electron chi connectivity index (χ3n) is 3.74. The summed E-state index contributed by atoms with van der Waals surface area (Å²) < 4.78 is 5.21. The number of esters is 1. The summed E-state index contributed by atoms with van der Waals surface area (Å²) in [6, 6.07) is 0.542. The molecule has 1 N–H and O–H groups in total. The second-order valence-electron chi connectivity index (χ2n) is 6.67. The van der Waals surface area contributed by atoms with Crippen molar-refractivity contribution < 1.29 is 9.53 Å². The second kappa shape index (κ2) is 10.2. The van der Waals surface area contributed by atoms with E-state index in [2.05, 4.69) is 37.9 Å². The summed E-state index contributed by atoms with van der Waals surface area (Å²) in [5, 5.41) is 3.29. The molecule has 126 valence electrons. The number of hydrogen-bond acceptors (Lipinski definition) is 4. The molecule has 0 aliphatic carbocycles. The standard InChI is InChI=1S/C17H36N2O2/c1-8-18-17(7,16(20)21-9-2)11-10-12-19(15(5)6)13-14(3)4/h14-15,18H,8-13H2,1-7H3. The van der Waals surface area contributed by atoms with Crippen molar-refractivity contribution in [2.24, 2.45) is 5.92 Å². The highest BCUT2D eigenvalue weighted by molar-refractivity contribution is 5.80. The minimum atomic E-state index is -0.564. The van der Waals surface area contributed by atoms with E-state index >= 15 is 0 Å². The van der Waals surface area contributed by atoms with Crippen molar-refractivity contribution in [3.8, 4) is 0 Å². The van der Waals surface area contributed by atoms with Gasteiger partial charge in [-0.2, -0.15) is 0 Å². The summed E-state index contributed by atoms with van der Waals surface area (Å²) in [6.45, 7) is 18.1. The first-order valence-electron chi connectivity index (χ1n) is 8.43. The molecule has 1 atom stereocenters. The summed E-state index contributed by atoms with van der Waals surface area (Å²) >= 11 is 0. The fourth-order valence-corrected chi connectivity index (χ4v) is 2.61. The van der Waals surface area contributed by atoms with E-state index in [1.54, 1.807) is 0 Å². The lowest BCUT2D eigenvalue weighted by atomic mass is 9.95. The monoisotopic (exact) mass is 300 g/mol. The number of hydrogen-bond donors (Lipinski definition) is 1. The molecule has 0 rings (SSSR count). The molecule has 4 nitrogen and oxygen atoms in total. The lowest BCUT2D eigenvalue weighted by Crippen LogP contribution is -2.51. The van der Waals surface area contributed by atoms with Crippen LogP contribution in [0.3, 0.4) is 0 Å². The molecular weight excluding hydrogens is 264 g/mol. The van der Waals surface area contributed by atoms with E-state index < -0.39 is 5.54 Å². The van der Waals surface area contributed by atoms with Gasteiger partial charge in [-0.15, -0.1) is 0 Å². The van der Waals surface area contributed by atoms with Gasteiger partial charge in [0.05, 0.1) is 6.61 Å². The zero-order valence-electron chi connectivity index (χ0n) is 15.2. The number of nitrogens with one attached hydrogen (secondary N) is 1. The molecule has 0 aliphatic rings. The van der Waals surface area contributed by atoms with Crippen LogP contribution in [-0.4, -0.2) is 48.7 Å². The van der Waals surface area contributed by atoms with Crippen LogP contribution in [0, 0.1) is 5.92 Å². The molecule has 0 radical (unpaired) electrons. The summed E-state index contributed by atoms with van der Waals surface area (Å²) in [7, 11) is 0. The van der Waals surface area contributed by atoms with Gasteiger partial charge in [0.15, 0.2) is 0 Å². The van der Waals surface area contributed by atoms with Crippen LogP contribution in [0.25, 0.3) is 0 Å². The highest BCUT2D eigenvalue weighted by Crippen LogP contribution is 2.16.